The number of hydrogen-bond acceptors (Lipinski definition) is 2. The Balaban J connectivity index is 2.50. The third kappa shape index (κ3) is 5.81. The molecule has 6 heteroatoms. The van der Waals surface area contributed by atoms with Gasteiger partial charge in [-0.1, -0.05) is 0 Å². The summed E-state index contributed by atoms with van der Waals surface area (Å²) < 4.78 is 54.4. The number of alkyl halides is 3. The Hall–Kier alpha value is -1.46. The number of anilines is 1. The van der Waals surface area contributed by atoms with Gasteiger partial charge in [0.25, 0.3) is 0 Å². The third-order valence-electron chi connectivity index (χ3n) is 2.67. The molecule has 0 aromatic heterocycles. The van der Waals surface area contributed by atoms with Crippen LogP contribution >= 0.6 is 0 Å². The summed E-state index contributed by atoms with van der Waals surface area (Å²) in [4.78, 5) is 0. The number of benzene rings is 1. The van der Waals surface area contributed by atoms with Crippen LogP contribution in [0, 0.1) is 5.82 Å². The highest BCUT2D eigenvalue weighted by molar-refractivity contribution is 5.50. The van der Waals surface area contributed by atoms with Crippen LogP contribution < -0.4 is 10.1 Å². The van der Waals surface area contributed by atoms with E-state index in [2.05, 4.69) is 5.32 Å². The largest absolute Gasteiger partial charge is 0.497 e. The van der Waals surface area contributed by atoms with Gasteiger partial charge < -0.3 is 10.1 Å². The summed E-state index contributed by atoms with van der Waals surface area (Å²) in [6.07, 6.45) is -4.63. The molecule has 0 fully saturated rings. The van der Waals surface area contributed by atoms with Crippen LogP contribution in [-0.2, 0) is 0 Å². The molecule has 0 saturated heterocycles. The zero-order valence-corrected chi connectivity index (χ0v) is 10.9. The molecule has 0 aliphatic heterocycles. The van der Waals surface area contributed by atoms with Gasteiger partial charge in [-0.15, -0.1) is 0 Å². The molecular weight excluding hydrogens is 262 g/mol. The fraction of sp³-hybridized carbons (Fsp3) is 0.538. The van der Waals surface area contributed by atoms with E-state index in [0.29, 0.717) is 12.2 Å². The van der Waals surface area contributed by atoms with Crippen molar-refractivity contribution >= 4 is 5.69 Å². The Morgan fingerprint density at radius 3 is 2.58 bits per heavy atom. The number of hydrogen-bond donors (Lipinski definition) is 1. The van der Waals surface area contributed by atoms with Gasteiger partial charge in [0, 0.05) is 18.5 Å². The van der Waals surface area contributed by atoms with Crippen molar-refractivity contribution in [2.75, 3.05) is 12.4 Å². The average molecular weight is 279 g/mol. The van der Waals surface area contributed by atoms with Crippen LogP contribution in [-0.4, -0.2) is 19.3 Å². The van der Waals surface area contributed by atoms with Crippen molar-refractivity contribution in [2.45, 2.75) is 38.4 Å². The van der Waals surface area contributed by atoms with Crippen LogP contribution in [0.2, 0.25) is 0 Å². The van der Waals surface area contributed by atoms with E-state index in [1.165, 1.54) is 25.3 Å². The molecule has 0 aliphatic rings. The smallest absolute Gasteiger partial charge is 0.389 e. The van der Waals surface area contributed by atoms with Gasteiger partial charge in [0.1, 0.15) is 11.6 Å². The number of methoxy groups -OCH3 is 1. The highest BCUT2D eigenvalue weighted by Gasteiger charge is 2.26. The molecule has 1 aromatic rings. The maximum Gasteiger partial charge on any atom is 0.389 e. The molecule has 1 unspecified atom stereocenters. The summed E-state index contributed by atoms with van der Waals surface area (Å²) >= 11 is 0. The minimum atomic E-state index is -4.14. The van der Waals surface area contributed by atoms with Crippen LogP contribution in [0.25, 0.3) is 0 Å². The second-order valence-corrected chi connectivity index (χ2v) is 4.40. The van der Waals surface area contributed by atoms with Crippen molar-refractivity contribution in [2.24, 2.45) is 0 Å². The maximum absolute atomic E-state index is 13.5. The van der Waals surface area contributed by atoms with Gasteiger partial charge in [-0.25, -0.2) is 4.39 Å². The third-order valence-corrected chi connectivity index (χ3v) is 2.67. The first kappa shape index (κ1) is 15.6. The highest BCUT2D eigenvalue weighted by atomic mass is 19.4. The Morgan fingerprint density at radius 1 is 1.32 bits per heavy atom. The lowest BCUT2D eigenvalue weighted by Gasteiger charge is -2.16. The Kier molecular flexibility index (Phi) is 5.44. The zero-order valence-electron chi connectivity index (χ0n) is 10.9. The van der Waals surface area contributed by atoms with E-state index in [1.807, 2.05) is 0 Å². The molecule has 0 spiro atoms. The molecule has 19 heavy (non-hydrogen) atoms. The summed E-state index contributed by atoms with van der Waals surface area (Å²) in [5.74, 6) is 0.0369. The van der Waals surface area contributed by atoms with Crippen molar-refractivity contribution in [3.8, 4) is 5.75 Å². The van der Waals surface area contributed by atoms with Crippen molar-refractivity contribution in [1.82, 2.24) is 0 Å². The standard InChI is InChI=1S/C13H17F4NO/c1-9(4-3-7-13(15,16)17)18-12-8-10(19-2)5-6-11(12)14/h5-6,8-9,18H,3-4,7H2,1-2H3. The molecule has 2 nitrogen and oxygen atoms in total. The topological polar surface area (TPSA) is 21.3 Å². The van der Waals surface area contributed by atoms with Gasteiger partial charge in [-0.2, -0.15) is 13.2 Å². The Bertz CT molecular complexity index is 406. The molecule has 1 N–H and O–H groups in total. The highest BCUT2D eigenvalue weighted by Crippen LogP contribution is 2.25. The number of nitrogens with one attached hydrogen (secondary N) is 1. The van der Waals surface area contributed by atoms with Crippen molar-refractivity contribution in [1.29, 1.82) is 0 Å². The van der Waals surface area contributed by atoms with E-state index in [-0.39, 0.29) is 18.2 Å². The second kappa shape index (κ2) is 6.63. The lowest BCUT2D eigenvalue weighted by atomic mass is 10.1. The SMILES string of the molecule is COc1ccc(F)c(NC(C)CCCC(F)(F)F)c1. The van der Waals surface area contributed by atoms with Crippen LogP contribution in [0.5, 0.6) is 5.75 Å². The lowest BCUT2D eigenvalue weighted by Crippen LogP contribution is -2.17. The molecule has 1 atom stereocenters. The maximum atomic E-state index is 13.5. The van der Waals surface area contributed by atoms with Crippen molar-refractivity contribution < 1.29 is 22.3 Å². The van der Waals surface area contributed by atoms with Gasteiger partial charge in [-0.05, 0) is 31.9 Å². The Morgan fingerprint density at radius 2 is 2.00 bits per heavy atom. The van der Waals surface area contributed by atoms with Gasteiger partial charge in [-0.3, -0.25) is 0 Å². The molecule has 1 aromatic carbocycles. The minimum Gasteiger partial charge on any atom is -0.497 e. The van der Waals surface area contributed by atoms with Crippen molar-refractivity contribution in [3.63, 3.8) is 0 Å². The van der Waals surface area contributed by atoms with E-state index in [9.17, 15) is 17.6 Å². The van der Waals surface area contributed by atoms with Crippen LogP contribution in [0.1, 0.15) is 26.2 Å². The number of ether oxygens (including phenoxy) is 1. The quantitative estimate of drug-likeness (QED) is 0.781. The molecule has 0 amide bonds. The minimum absolute atomic E-state index is 0.0171. The van der Waals surface area contributed by atoms with Crippen LogP contribution in [0.15, 0.2) is 18.2 Å². The molecule has 0 bridgehead atoms. The predicted molar refractivity (Wildman–Crippen MR) is 65.9 cm³/mol. The van der Waals surface area contributed by atoms with Crippen LogP contribution in [0.3, 0.4) is 0 Å². The normalized spacial score (nSPS) is 13.2. The summed E-state index contributed by atoms with van der Waals surface area (Å²) in [5, 5.41) is 2.85. The second-order valence-electron chi connectivity index (χ2n) is 4.40. The summed E-state index contributed by atoms with van der Waals surface area (Å²) in [6, 6.07) is 3.97. The molecule has 1 rings (SSSR count). The molecule has 0 saturated carbocycles. The first-order valence-electron chi connectivity index (χ1n) is 5.98. The average Bonchev–Trinajstić information content (AvgIpc) is 2.30. The number of rotatable bonds is 6. The molecule has 0 radical (unpaired) electrons. The lowest BCUT2D eigenvalue weighted by molar-refractivity contribution is -0.135. The van der Waals surface area contributed by atoms with Gasteiger partial charge in [0.2, 0.25) is 0 Å². The molecule has 0 aliphatic carbocycles. The van der Waals surface area contributed by atoms with Gasteiger partial charge in [0.15, 0.2) is 0 Å². The van der Waals surface area contributed by atoms with E-state index < -0.39 is 18.4 Å². The van der Waals surface area contributed by atoms with E-state index >= 15 is 0 Å². The summed E-state index contributed by atoms with van der Waals surface area (Å²) in [7, 11) is 1.46. The monoisotopic (exact) mass is 279 g/mol. The fourth-order valence-corrected chi connectivity index (χ4v) is 1.69. The first-order chi connectivity index (χ1) is 8.81. The van der Waals surface area contributed by atoms with Crippen LogP contribution in [0.4, 0.5) is 23.2 Å². The van der Waals surface area contributed by atoms with E-state index in [0.717, 1.165) is 0 Å². The van der Waals surface area contributed by atoms with E-state index in [4.69, 9.17) is 4.74 Å². The Labute approximate surface area is 109 Å². The fourth-order valence-electron chi connectivity index (χ4n) is 1.69. The van der Waals surface area contributed by atoms with Gasteiger partial charge >= 0.3 is 6.18 Å². The van der Waals surface area contributed by atoms with Crippen molar-refractivity contribution in [3.05, 3.63) is 24.0 Å². The number of halogens is 4. The molecule has 0 heterocycles. The molecular formula is C13H17F4NO. The predicted octanol–water partition coefficient (Wildman–Crippen LogP) is 4.37. The zero-order chi connectivity index (χ0) is 14.5. The summed E-state index contributed by atoms with van der Waals surface area (Å²) in [5.41, 5.74) is 0.235. The summed E-state index contributed by atoms with van der Waals surface area (Å²) in [6.45, 7) is 1.72. The van der Waals surface area contributed by atoms with Gasteiger partial charge in [0.05, 0.1) is 12.8 Å². The first-order valence-corrected chi connectivity index (χ1v) is 5.98. The van der Waals surface area contributed by atoms with E-state index in [1.54, 1.807) is 6.92 Å². The molecule has 108 valence electrons.